The number of hydrogen-bond acceptors (Lipinski definition) is 5. The number of methoxy groups -OCH3 is 1. The zero-order valence-electron chi connectivity index (χ0n) is 22.9. The molecular weight excluding hydrogens is 500 g/mol. The Labute approximate surface area is 235 Å². The van der Waals surface area contributed by atoms with E-state index < -0.39 is 0 Å². The molecule has 4 aromatic rings. The van der Waals surface area contributed by atoms with Crippen molar-refractivity contribution in [2.45, 2.75) is 13.5 Å². The lowest BCUT2D eigenvalue weighted by molar-refractivity contribution is 0.0950. The van der Waals surface area contributed by atoms with Crippen molar-refractivity contribution in [2.75, 3.05) is 48.4 Å². The molecule has 40 heavy (non-hydrogen) atoms. The lowest BCUT2D eigenvalue weighted by Crippen LogP contribution is -2.47. The molecule has 204 valence electrons. The number of anilines is 3. The Bertz CT molecular complexity index is 1460. The second kappa shape index (κ2) is 12.4. The highest BCUT2D eigenvalue weighted by Gasteiger charge is 2.24. The molecule has 0 aromatic heterocycles. The van der Waals surface area contributed by atoms with Gasteiger partial charge < -0.3 is 25.2 Å². The van der Waals surface area contributed by atoms with Gasteiger partial charge in [0, 0.05) is 49.7 Å². The van der Waals surface area contributed by atoms with Crippen molar-refractivity contribution in [3.8, 4) is 5.75 Å². The lowest BCUT2D eigenvalue weighted by Gasteiger charge is -2.38. The quantitative estimate of drug-likeness (QED) is 0.312. The molecule has 1 saturated heterocycles. The zero-order chi connectivity index (χ0) is 27.9. The number of piperazine rings is 1. The van der Waals surface area contributed by atoms with Crippen LogP contribution in [-0.2, 0) is 6.54 Å². The Morgan fingerprint density at radius 2 is 1.40 bits per heavy atom. The van der Waals surface area contributed by atoms with Gasteiger partial charge in [-0.25, -0.2) is 0 Å². The van der Waals surface area contributed by atoms with Crippen molar-refractivity contribution in [2.24, 2.45) is 0 Å². The molecule has 0 aliphatic carbocycles. The summed E-state index contributed by atoms with van der Waals surface area (Å²) in [6.45, 7) is 5.46. The van der Waals surface area contributed by atoms with E-state index in [2.05, 4.69) is 26.5 Å². The topological polar surface area (TPSA) is 73.9 Å². The van der Waals surface area contributed by atoms with Gasteiger partial charge in [-0.1, -0.05) is 60.2 Å². The minimum atomic E-state index is -0.214. The summed E-state index contributed by atoms with van der Waals surface area (Å²) in [4.78, 5) is 30.9. The third-order valence-corrected chi connectivity index (χ3v) is 7.15. The highest BCUT2D eigenvalue weighted by Crippen LogP contribution is 2.31. The second-order valence-electron chi connectivity index (χ2n) is 9.87. The van der Waals surface area contributed by atoms with Crippen molar-refractivity contribution < 1.29 is 14.3 Å². The first kappa shape index (κ1) is 26.8. The molecule has 1 heterocycles. The first-order chi connectivity index (χ1) is 19.5. The molecular formula is C33H34N4O3. The van der Waals surface area contributed by atoms with Crippen LogP contribution in [0.2, 0.25) is 0 Å². The first-order valence-electron chi connectivity index (χ1n) is 13.5. The third kappa shape index (κ3) is 6.26. The second-order valence-corrected chi connectivity index (χ2v) is 9.87. The van der Waals surface area contributed by atoms with E-state index in [9.17, 15) is 9.59 Å². The molecule has 0 atom stereocenters. The molecule has 1 aliphatic heterocycles. The number of benzene rings is 4. The van der Waals surface area contributed by atoms with Crippen LogP contribution >= 0.6 is 0 Å². The van der Waals surface area contributed by atoms with E-state index in [1.165, 1.54) is 0 Å². The highest BCUT2D eigenvalue weighted by atomic mass is 16.5. The van der Waals surface area contributed by atoms with Crippen LogP contribution in [0.3, 0.4) is 0 Å². The van der Waals surface area contributed by atoms with Crippen LogP contribution in [0.15, 0.2) is 97.1 Å². The van der Waals surface area contributed by atoms with Gasteiger partial charge in [0.15, 0.2) is 0 Å². The largest absolute Gasteiger partial charge is 0.495 e. The van der Waals surface area contributed by atoms with Gasteiger partial charge >= 0.3 is 0 Å². The van der Waals surface area contributed by atoms with Crippen LogP contribution in [0, 0.1) is 6.92 Å². The maximum atomic E-state index is 13.5. The number of rotatable bonds is 8. The summed E-state index contributed by atoms with van der Waals surface area (Å²) in [5, 5.41) is 6.02. The van der Waals surface area contributed by atoms with Gasteiger partial charge in [0.25, 0.3) is 11.8 Å². The predicted molar refractivity (Wildman–Crippen MR) is 161 cm³/mol. The van der Waals surface area contributed by atoms with Gasteiger partial charge in [0.2, 0.25) is 0 Å². The molecule has 1 fully saturated rings. The van der Waals surface area contributed by atoms with Crippen molar-refractivity contribution in [3.63, 3.8) is 0 Å². The van der Waals surface area contributed by atoms with Gasteiger partial charge in [-0.3, -0.25) is 9.59 Å². The number of amides is 2. The molecule has 0 radical (unpaired) electrons. The number of carbonyl (C=O) groups is 2. The van der Waals surface area contributed by atoms with Crippen LogP contribution < -0.4 is 25.2 Å². The Morgan fingerprint density at radius 1 is 0.750 bits per heavy atom. The van der Waals surface area contributed by atoms with Gasteiger partial charge in [-0.15, -0.1) is 0 Å². The molecule has 1 aliphatic rings. The maximum absolute atomic E-state index is 13.5. The molecule has 0 bridgehead atoms. The van der Waals surface area contributed by atoms with Crippen LogP contribution in [0.1, 0.15) is 31.8 Å². The fourth-order valence-corrected chi connectivity index (χ4v) is 4.93. The molecule has 0 saturated carbocycles. The highest BCUT2D eigenvalue weighted by molar-refractivity contribution is 6.06. The van der Waals surface area contributed by atoms with E-state index in [-0.39, 0.29) is 11.8 Å². The molecule has 2 amide bonds. The van der Waals surface area contributed by atoms with Gasteiger partial charge in [-0.2, -0.15) is 0 Å². The minimum absolute atomic E-state index is 0.183. The average molecular weight is 535 g/mol. The summed E-state index contributed by atoms with van der Waals surface area (Å²) < 4.78 is 5.56. The normalized spacial score (nSPS) is 13.1. The van der Waals surface area contributed by atoms with Crippen LogP contribution in [0.4, 0.5) is 17.1 Å². The Hall–Kier alpha value is -4.78. The summed E-state index contributed by atoms with van der Waals surface area (Å²) >= 11 is 0. The van der Waals surface area contributed by atoms with E-state index >= 15 is 0 Å². The molecule has 2 N–H and O–H groups in total. The molecule has 7 heteroatoms. The average Bonchev–Trinajstić information content (AvgIpc) is 3.00. The molecule has 5 rings (SSSR count). The maximum Gasteiger partial charge on any atom is 0.255 e. The number of para-hydroxylation sites is 2. The number of ether oxygens (including phenoxy) is 1. The fraction of sp³-hybridized carbons (Fsp3) is 0.212. The number of carbonyl (C=O) groups excluding carboxylic acids is 2. The van der Waals surface area contributed by atoms with E-state index in [1.54, 1.807) is 25.3 Å². The van der Waals surface area contributed by atoms with Crippen LogP contribution in [0.25, 0.3) is 0 Å². The van der Waals surface area contributed by atoms with E-state index in [0.717, 1.165) is 54.4 Å². The monoisotopic (exact) mass is 534 g/mol. The number of aryl methyl sites for hydroxylation is 1. The smallest absolute Gasteiger partial charge is 0.255 e. The lowest BCUT2D eigenvalue weighted by atomic mass is 10.1. The van der Waals surface area contributed by atoms with E-state index in [0.29, 0.717) is 23.4 Å². The summed E-state index contributed by atoms with van der Waals surface area (Å²) in [6, 6.07) is 30.8. The fourth-order valence-electron chi connectivity index (χ4n) is 4.93. The predicted octanol–water partition coefficient (Wildman–Crippen LogP) is 5.51. The van der Waals surface area contributed by atoms with Crippen molar-refractivity contribution in [1.82, 2.24) is 5.32 Å². The Balaban J connectivity index is 1.36. The molecule has 7 nitrogen and oxygen atoms in total. The summed E-state index contributed by atoms with van der Waals surface area (Å²) in [6.07, 6.45) is 0. The molecule has 0 spiro atoms. The van der Waals surface area contributed by atoms with Crippen LogP contribution in [0.5, 0.6) is 5.75 Å². The first-order valence-corrected chi connectivity index (χ1v) is 13.5. The van der Waals surface area contributed by atoms with Crippen molar-refractivity contribution >= 4 is 28.9 Å². The number of nitrogens with zero attached hydrogens (tertiary/aromatic N) is 2. The molecule has 0 unspecified atom stereocenters. The van der Waals surface area contributed by atoms with Gasteiger partial charge in [0.05, 0.1) is 18.4 Å². The van der Waals surface area contributed by atoms with E-state index in [1.807, 2.05) is 79.7 Å². The van der Waals surface area contributed by atoms with Crippen molar-refractivity contribution in [3.05, 3.63) is 119 Å². The van der Waals surface area contributed by atoms with Crippen molar-refractivity contribution in [1.29, 1.82) is 0 Å². The summed E-state index contributed by atoms with van der Waals surface area (Å²) in [5.74, 6) is 0.455. The minimum Gasteiger partial charge on any atom is -0.495 e. The number of hydrogen-bond donors (Lipinski definition) is 2. The summed E-state index contributed by atoms with van der Waals surface area (Å²) in [7, 11) is 1.69. The number of nitrogens with one attached hydrogen (secondary N) is 2. The SMILES string of the molecule is COc1ccccc1N1CCN(c2ccc(NC(=O)c3ccc(C)cc3)cc2C(=O)NCc2ccccc2)CC1. The van der Waals surface area contributed by atoms with E-state index in [4.69, 9.17) is 4.74 Å². The Kier molecular flexibility index (Phi) is 8.30. The standard InChI is InChI=1S/C33H34N4O3/c1-24-12-14-26(15-13-24)32(38)35-27-16-17-29(28(22-27)33(39)34-23-25-8-4-3-5-9-25)36-18-20-37(21-19-36)30-10-6-7-11-31(30)40-2/h3-17,22H,18-21,23H2,1-2H3,(H,34,39)(H,35,38). The zero-order valence-corrected chi connectivity index (χ0v) is 22.9. The van der Waals surface area contributed by atoms with Gasteiger partial charge in [0.1, 0.15) is 5.75 Å². The molecule has 4 aromatic carbocycles. The van der Waals surface area contributed by atoms with Crippen LogP contribution in [-0.4, -0.2) is 45.1 Å². The third-order valence-electron chi connectivity index (χ3n) is 7.15. The Morgan fingerprint density at radius 3 is 2.10 bits per heavy atom. The van der Waals surface area contributed by atoms with Gasteiger partial charge in [-0.05, 0) is 55.0 Å². The summed E-state index contributed by atoms with van der Waals surface area (Å²) in [5.41, 5.74) is 5.70.